The lowest BCUT2D eigenvalue weighted by Gasteiger charge is -2.29. The van der Waals surface area contributed by atoms with Gasteiger partial charge in [-0.15, -0.1) is 0 Å². The summed E-state index contributed by atoms with van der Waals surface area (Å²) in [7, 11) is 0. The Kier molecular flexibility index (Phi) is 5.05. The van der Waals surface area contributed by atoms with Gasteiger partial charge in [-0.1, -0.05) is 12.1 Å². The Bertz CT molecular complexity index is 500. The molecule has 2 saturated heterocycles. The standard InChI is InChI=1S/C17H23FN2O2/c18-14-5-3-13(4-6-14)10-16-2-1-8-20(16)17(21)11-15-12-22-9-7-19-15/h3-6,15-16,19H,1-2,7-12H2. The van der Waals surface area contributed by atoms with Crippen LogP contribution < -0.4 is 5.32 Å². The van der Waals surface area contributed by atoms with Gasteiger partial charge in [-0.3, -0.25) is 4.79 Å². The zero-order valence-electron chi connectivity index (χ0n) is 12.8. The average Bonchev–Trinajstić information content (AvgIpc) is 2.99. The van der Waals surface area contributed by atoms with Gasteiger partial charge in [0.2, 0.25) is 5.91 Å². The van der Waals surface area contributed by atoms with Crippen molar-refractivity contribution in [2.45, 2.75) is 37.8 Å². The quantitative estimate of drug-likeness (QED) is 0.921. The molecule has 1 aromatic carbocycles. The number of rotatable bonds is 4. The van der Waals surface area contributed by atoms with Crippen molar-refractivity contribution in [3.05, 3.63) is 35.6 Å². The van der Waals surface area contributed by atoms with Gasteiger partial charge in [-0.2, -0.15) is 0 Å². The summed E-state index contributed by atoms with van der Waals surface area (Å²) in [6.45, 7) is 2.99. The van der Waals surface area contributed by atoms with Crippen LogP contribution in [-0.4, -0.2) is 49.2 Å². The Hall–Kier alpha value is -1.46. The average molecular weight is 306 g/mol. The van der Waals surface area contributed by atoms with Gasteiger partial charge in [-0.25, -0.2) is 4.39 Å². The number of likely N-dealkylation sites (tertiary alicyclic amines) is 1. The van der Waals surface area contributed by atoms with E-state index in [9.17, 15) is 9.18 Å². The maximum absolute atomic E-state index is 13.0. The first-order valence-electron chi connectivity index (χ1n) is 8.07. The van der Waals surface area contributed by atoms with E-state index >= 15 is 0 Å². The van der Waals surface area contributed by atoms with Crippen molar-refractivity contribution in [2.24, 2.45) is 0 Å². The van der Waals surface area contributed by atoms with Crippen LogP contribution in [0.2, 0.25) is 0 Å². The highest BCUT2D eigenvalue weighted by atomic mass is 19.1. The minimum absolute atomic E-state index is 0.133. The summed E-state index contributed by atoms with van der Waals surface area (Å²) in [4.78, 5) is 14.5. The predicted molar refractivity (Wildman–Crippen MR) is 82.1 cm³/mol. The molecule has 0 bridgehead atoms. The minimum Gasteiger partial charge on any atom is -0.378 e. The van der Waals surface area contributed by atoms with Crippen LogP contribution in [0, 0.1) is 5.82 Å². The largest absolute Gasteiger partial charge is 0.378 e. The molecule has 120 valence electrons. The number of carbonyl (C=O) groups excluding carboxylic acids is 1. The second-order valence-corrected chi connectivity index (χ2v) is 6.14. The molecule has 1 amide bonds. The van der Waals surface area contributed by atoms with Crippen LogP contribution in [-0.2, 0) is 16.0 Å². The summed E-state index contributed by atoms with van der Waals surface area (Å²) in [6.07, 6.45) is 3.38. The highest BCUT2D eigenvalue weighted by molar-refractivity contribution is 5.77. The molecule has 0 saturated carbocycles. The molecule has 0 aromatic heterocycles. The van der Waals surface area contributed by atoms with Crippen molar-refractivity contribution in [1.82, 2.24) is 10.2 Å². The zero-order chi connectivity index (χ0) is 15.4. The van der Waals surface area contributed by atoms with Gasteiger partial charge in [0, 0.05) is 31.6 Å². The number of carbonyl (C=O) groups is 1. The number of morpholine rings is 1. The molecule has 2 heterocycles. The molecular weight excluding hydrogens is 283 g/mol. The third kappa shape index (κ3) is 3.84. The number of amides is 1. The van der Waals surface area contributed by atoms with E-state index in [0.717, 1.165) is 44.5 Å². The van der Waals surface area contributed by atoms with Gasteiger partial charge in [-0.05, 0) is 37.0 Å². The fourth-order valence-corrected chi connectivity index (χ4v) is 3.35. The van der Waals surface area contributed by atoms with Crippen molar-refractivity contribution in [2.75, 3.05) is 26.3 Å². The number of hydrogen-bond acceptors (Lipinski definition) is 3. The number of halogens is 1. The molecule has 1 aromatic rings. The molecule has 1 N–H and O–H groups in total. The summed E-state index contributed by atoms with van der Waals surface area (Å²) in [5.41, 5.74) is 1.09. The van der Waals surface area contributed by atoms with Crippen LogP contribution >= 0.6 is 0 Å². The molecule has 3 rings (SSSR count). The Morgan fingerprint density at radius 3 is 2.91 bits per heavy atom. The molecule has 0 spiro atoms. The van der Waals surface area contributed by atoms with E-state index in [4.69, 9.17) is 4.74 Å². The molecule has 0 radical (unpaired) electrons. The summed E-state index contributed by atoms with van der Waals surface area (Å²) in [5, 5.41) is 3.33. The van der Waals surface area contributed by atoms with Crippen LogP contribution in [0.5, 0.6) is 0 Å². The van der Waals surface area contributed by atoms with Gasteiger partial charge >= 0.3 is 0 Å². The van der Waals surface area contributed by atoms with E-state index in [1.165, 1.54) is 12.1 Å². The van der Waals surface area contributed by atoms with Gasteiger partial charge in [0.25, 0.3) is 0 Å². The monoisotopic (exact) mass is 306 g/mol. The maximum atomic E-state index is 13.0. The third-order valence-electron chi connectivity index (χ3n) is 4.50. The first-order valence-corrected chi connectivity index (χ1v) is 8.07. The molecule has 0 aliphatic carbocycles. The first-order chi connectivity index (χ1) is 10.7. The highest BCUT2D eigenvalue weighted by Gasteiger charge is 2.30. The van der Waals surface area contributed by atoms with Crippen molar-refractivity contribution in [3.63, 3.8) is 0 Å². The van der Waals surface area contributed by atoms with Crippen LogP contribution in [0.1, 0.15) is 24.8 Å². The maximum Gasteiger partial charge on any atom is 0.224 e. The zero-order valence-corrected chi connectivity index (χ0v) is 12.8. The Labute approximate surface area is 130 Å². The smallest absolute Gasteiger partial charge is 0.224 e. The van der Waals surface area contributed by atoms with Crippen LogP contribution in [0.25, 0.3) is 0 Å². The Morgan fingerprint density at radius 2 is 2.18 bits per heavy atom. The van der Waals surface area contributed by atoms with E-state index in [1.807, 2.05) is 17.0 Å². The lowest BCUT2D eigenvalue weighted by atomic mass is 10.0. The summed E-state index contributed by atoms with van der Waals surface area (Å²) < 4.78 is 18.4. The van der Waals surface area contributed by atoms with Crippen molar-refractivity contribution in [3.8, 4) is 0 Å². The van der Waals surface area contributed by atoms with E-state index in [-0.39, 0.29) is 23.8 Å². The van der Waals surface area contributed by atoms with Crippen molar-refractivity contribution < 1.29 is 13.9 Å². The third-order valence-corrected chi connectivity index (χ3v) is 4.50. The molecule has 2 atom stereocenters. The second-order valence-electron chi connectivity index (χ2n) is 6.14. The van der Waals surface area contributed by atoms with E-state index < -0.39 is 0 Å². The van der Waals surface area contributed by atoms with E-state index in [0.29, 0.717) is 13.0 Å². The number of ether oxygens (including phenoxy) is 1. The van der Waals surface area contributed by atoms with Crippen molar-refractivity contribution in [1.29, 1.82) is 0 Å². The molecule has 5 heteroatoms. The number of benzene rings is 1. The Balaban J connectivity index is 1.57. The molecule has 22 heavy (non-hydrogen) atoms. The summed E-state index contributed by atoms with van der Waals surface area (Å²) in [5.74, 6) is -0.0147. The lowest BCUT2D eigenvalue weighted by Crippen LogP contribution is -2.46. The number of nitrogens with zero attached hydrogens (tertiary/aromatic N) is 1. The molecule has 2 aliphatic rings. The van der Waals surface area contributed by atoms with E-state index in [2.05, 4.69) is 5.32 Å². The fourth-order valence-electron chi connectivity index (χ4n) is 3.35. The van der Waals surface area contributed by atoms with Gasteiger partial charge < -0.3 is 15.0 Å². The normalized spacial score (nSPS) is 25.4. The van der Waals surface area contributed by atoms with Gasteiger partial charge in [0.05, 0.1) is 13.2 Å². The SMILES string of the molecule is O=C(CC1COCCN1)N1CCCC1Cc1ccc(F)cc1. The number of hydrogen-bond donors (Lipinski definition) is 1. The molecule has 2 fully saturated rings. The van der Waals surface area contributed by atoms with Crippen LogP contribution in [0.15, 0.2) is 24.3 Å². The molecule has 2 aliphatic heterocycles. The van der Waals surface area contributed by atoms with Gasteiger partial charge in [0.1, 0.15) is 5.82 Å². The summed E-state index contributed by atoms with van der Waals surface area (Å²) >= 11 is 0. The molecular formula is C17H23FN2O2. The predicted octanol–water partition coefficient (Wildman–Crippen LogP) is 1.74. The first kappa shape index (κ1) is 15.4. The highest BCUT2D eigenvalue weighted by Crippen LogP contribution is 2.22. The molecule has 2 unspecified atom stereocenters. The van der Waals surface area contributed by atoms with Crippen LogP contribution in [0.4, 0.5) is 4.39 Å². The summed E-state index contributed by atoms with van der Waals surface area (Å²) in [6, 6.07) is 6.97. The molecule has 4 nitrogen and oxygen atoms in total. The number of nitrogens with one attached hydrogen (secondary N) is 1. The lowest BCUT2D eigenvalue weighted by molar-refractivity contribution is -0.133. The van der Waals surface area contributed by atoms with E-state index in [1.54, 1.807) is 0 Å². The van der Waals surface area contributed by atoms with Crippen molar-refractivity contribution >= 4 is 5.91 Å². The van der Waals surface area contributed by atoms with Crippen LogP contribution in [0.3, 0.4) is 0 Å². The topological polar surface area (TPSA) is 41.6 Å². The Morgan fingerprint density at radius 1 is 1.36 bits per heavy atom. The van der Waals surface area contributed by atoms with Gasteiger partial charge in [0.15, 0.2) is 0 Å². The second kappa shape index (κ2) is 7.20. The minimum atomic E-state index is -0.216. The fraction of sp³-hybridized carbons (Fsp3) is 0.588.